The molecule has 0 radical (unpaired) electrons. The maximum absolute atomic E-state index is 14.3. The summed E-state index contributed by atoms with van der Waals surface area (Å²) in [5.74, 6) is -2.43. The van der Waals surface area contributed by atoms with Gasteiger partial charge in [0.1, 0.15) is 24.0 Å². The molecule has 8 nitrogen and oxygen atoms in total. The Morgan fingerprint density at radius 2 is 1.95 bits per heavy atom. The molecule has 0 spiro atoms. The Hall–Kier alpha value is -4.16. The number of hydrogen-bond acceptors (Lipinski definition) is 5. The number of aromatic nitrogens is 2. The summed E-state index contributed by atoms with van der Waals surface area (Å²) >= 11 is 5.77. The Labute approximate surface area is 247 Å². The zero-order valence-corrected chi connectivity index (χ0v) is 23.2. The van der Waals surface area contributed by atoms with Gasteiger partial charge in [-0.05, 0) is 60.9 Å². The Morgan fingerprint density at radius 1 is 1.16 bits per heavy atom. The molecule has 1 aromatic heterocycles. The van der Waals surface area contributed by atoms with E-state index >= 15 is 0 Å². The fourth-order valence-corrected chi connectivity index (χ4v) is 5.44. The standard InChI is InChI=1S/C30H24ClF4N3O5/c31-19-3-1-18(23(32)11-19)15-43-26-12-21-16(9-22(26)30(33,34)35)5-7-37(28(21)39)14-27-36-24-4-2-17(29(40)41)10-25(24)38(27)13-20-6-8-42-20/h1-4,9-12,20H,5-8,13-15H2,(H,40,41)/t20-/m0/s1. The van der Waals surface area contributed by atoms with Gasteiger partial charge in [0.2, 0.25) is 0 Å². The largest absolute Gasteiger partial charge is 0.488 e. The second-order valence-electron chi connectivity index (χ2n) is 10.4. The van der Waals surface area contributed by atoms with Gasteiger partial charge in [0.15, 0.2) is 0 Å². The molecule has 43 heavy (non-hydrogen) atoms. The first-order valence-corrected chi connectivity index (χ1v) is 13.8. The van der Waals surface area contributed by atoms with Gasteiger partial charge in [-0.2, -0.15) is 13.2 Å². The molecular weight excluding hydrogens is 594 g/mol. The van der Waals surface area contributed by atoms with E-state index in [2.05, 4.69) is 4.98 Å². The summed E-state index contributed by atoms with van der Waals surface area (Å²) < 4.78 is 69.0. The Kier molecular flexibility index (Phi) is 7.51. The van der Waals surface area contributed by atoms with Crippen molar-refractivity contribution < 1.29 is 41.7 Å². The van der Waals surface area contributed by atoms with Crippen LogP contribution in [0.5, 0.6) is 5.75 Å². The summed E-state index contributed by atoms with van der Waals surface area (Å²) in [7, 11) is 0. The Balaban J connectivity index is 1.31. The van der Waals surface area contributed by atoms with Crippen molar-refractivity contribution in [3.63, 3.8) is 0 Å². The van der Waals surface area contributed by atoms with Crippen LogP contribution in [0.3, 0.4) is 0 Å². The lowest BCUT2D eigenvalue weighted by atomic mass is 9.95. The molecule has 3 heterocycles. The van der Waals surface area contributed by atoms with Crippen molar-refractivity contribution in [2.75, 3.05) is 13.2 Å². The highest BCUT2D eigenvalue weighted by molar-refractivity contribution is 6.30. The molecule has 2 aliphatic heterocycles. The molecule has 4 aromatic rings. The SMILES string of the molecule is O=C(O)c1ccc2nc(CN3CCc4cc(C(F)(F)F)c(OCc5ccc(Cl)cc5F)cc4C3=O)n(C[C@@H]3CCO3)c2c1. The minimum atomic E-state index is -4.77. The van der Waals surface area contributed by atoms with E-state index in [4.69, 9.17) is 21.1 Å². The molecule has 1 fully saturated rings. The molecule has 0 unspecified atom stereocenters. The molecule has 13 heteroatoms. The van der Waals surface area contributed by atoms with Gasteiger partial charge >= 0.3 is 12.1 Å². The Morgan fingerprint density at radius 3 is 2.63 bits per heavy atom. The van der Waals surface area contributed by atoms with Crippen molar-refractivity contribution in [1.82, 2.24) is 14.5 Å². The molecule has 224 valence electrons. The first-order chi connectivity index (χ1) is 20.5. The average molecular weight is 618 g/mol. The maximum Gasteiger partial charge on any atom is 0.419 e. The van der Waals surface area contributed by atoms with Crippen LogP contribution >= 0.6 is 11.6 Å². The average Bonchev–Trinajstić information content (AvgIpc) is 3.27. The van der Waals surface area contributed by atoms with Gasteiger partial charge in [-0.15, -0.1) is 0 Å². The third kappa shape index (κ3) is 5.76. The molecular formula is C30H24ClF4N3O5. The van der Waals surface area contributed by atoms with Crippen LogP contribution in [0.1, 0.15) is 49.7 Å². The molecule has 3 aromatic carbocycles. The lowest BCUT2D eigenvalue weighted by Crippen LogP contribution is -2.38. The van der Waals surface area contributed by atoms with E-state index in [1.165, 1.54) is 29.2 Å². The fraction of sp³-hybridized carbons (Fsp3) is 0.300. The van der Waals surface area contributed by atoms with Crippen LogP contribution in [0.2, 0.25) is 5.02 Å². The first kappa shape index (κ1) is 28.9. The highest BCUT2D eigenvalue weighted by Crippen LogP contribution is 2.40. The third-order valence-corrected chi connectivity index (χ3v) is 7.90. The number of carboxylic acids is 1. The van der Waals surface area contributed by atoms with Crippen molar-refractivity contribution in [1.29, 1.82) is 0 Å². The van der Waals surface area contributed by atoms with Gasteiger partial charge in [-0.1, -0.05) is 17.7 Å². The van der Waals surface area contributed by atoms with Crippen LogP contribution in [0.15, 0.2) is 48.5 Å². The summed E-state index contributed by atoms with van der Waals surface area (Å²) in [5, 5.41) is 9.61. The van der Waals surface area contributed by atoms with Crippen LogP contribution in [-0.4, -0.2) is 50.7 Å². The number of hydrogen-bond donors (Lipinski definition) is 1. The number of halogens is 5. The molecule has 2 aliphatic rings. The summed E-state index contributed by atoms with van der Waals surface area (Å²) in [4.78, 5) is 31.4. The van der Waals surface area contributed by atoms with Crippen molar-refractivity contribution in [3.8, 4) is 5.75 Å². The predicted molar refractivity (Wildman–Crippen MR) is 147 cm³/mol. The summed E-state index contributed by atoms with van der Waals surface area (Å²) in [5.41, 5.74) is 0.426. The molecule has 6 rings (SSSR count). The molecule has 0 saturated carbocycles. The van der Waals surface area contributed by atoms with Crippen LogP contribution in [0.25, 0.3) is 11.0 Å². The predicted octanol–water partition coefficient (Wildman–Crippen LogP) is 6.11. The lowest BCUT2D eigenvalue weighted by molar-refractivity contribution is -0.139. The van der Waals surface area contributed by atoms with E-state index in [1.807, 2.05) is 4.57 Å². The summed E-state index contributed by atoms with van der Waals surface area (Å²) in [6.45, 7) is 0.692. The van der Waals surface area contributed by atoms with E-state index in [1.54, 1.807) is 6.07 Å². The number of carbonyl (C=O) groups is 2. The van der Waals surface area contributed by atoms with Gasteiger partial charge in [0, 0.05) is 29.3 Å². The minimum Gasteiger partial charge on any atom is -0.488 e. The molecule has 1 N–H and O–H groups in total. The Bertz CT molecular complexity index is 1750. The van der Waals surface area contributed by atoms with Crippen LogP contribution < -0.4 is 4.74 Å². The van der Waals surface area contributed by atoms with Crippen LogP contribution in [0.4, 0.5) is 17.6 Å². The smallest absolute Gasteiger partial charge is 0.419 e. The molecule has 1 saturated heterocycles. The molecule has 0 bridgehead atoms. The van der Waals surface area contributed by atoms with E-state index in [0.717, 1.165) is 24.6 Å². The maximum atomic E-state index is 14.3. The monoisotopic (exact) mass is 617 g/mol. The van der Waals surface area contributed by atoms with Crippen LogP contribution in [0, 0.1) is 5.82 Å². The van der Waals surface area contributed by atoms with Crippen molar-refractivity contribution in [3.05, 3.63) is 93.0 Å². The number of alkyl halides is 3. The minimum absolute atomic E-state index is 0.00333. The second-order valence-corrected chi connectivity index (χ2v) is 10.9. The number of aromatic carboxylic acids is 1. The molecule has 0 aliphatic carbocycles. The van der Waals surface area contributed by atoms with Crippen molar-refractivity contribution in [2.24, 2.45) is 0 Å². The van der Waals surface area contributed by atoms with Gasteiger partial charge < -0.3 is 24.0 Å². The summed E-state index contributed by atoms with van der Waals surface area (Å²) in [6, 6.07) is 10.3. The number of imidazole rings is 1. The van der Waals surface area contributed by atoms with E-state index < -0.39 is 41.8 Å². The van der Waals surface area contributed by atoms with Crippen LogP contribution in [-0.2, 0) is 37.0 Å². The second kappa shape index (κ2) is 11.2. The van der Waals surface area contributed by atoms with E-state index in [-0.39, 0.29) is 52.9 Å². The van der Waals surface area contributed by atoms with Gasteiger partial charge in [0.05, 0.1) is 41.4 Å². The molecule has 1 amide bonds. The normalized spacial score (nSPS) is 16.7. The van der Waals surface area contributed by atoms with Crippen molar-refractivity contribution >= 4 is 34.5 Å². The quantitative estimate of drug-likeness (QED) is 0.240. The first-order valence-electron chi connectivity index (χ1n) is 13.4. The van der Waals surface area contributed by atoms with Crippen molar-refractivity contribution in [2.45, 2.75) is 44.8 Å². The lowest BCUT2D eigenvalue weighted by Gasteiger charge is -2.31. The number of nitrogens with zero attached hydrogens (tertiary/aromatic N) is 3. The topological polar surface area (TPSA) is 93.9 Å². The highest BCUT2D eigenvalue weighted by atomic mass is 35.5. The number of benzene rings is 3. The van der Waals surface area contributed by atoms with E-state index in [0.29, 0.717) is 30.0 Å². The zero-order valence-electron chi connectivity index (χ0n) is 22.5. The van der Waals surface area contributed by atoms with E-state index in [9.17, 15) is 32.3 Å². The number of carboxylic acid groups (broad SMARTS) is 1. The highest BCUT2D eigenvalue weighted by Gasteiger charge is 2.38. The number of rotatable bonds is 8. The van der Waals surface area contributed by atoms with Gasteiger partial charge in [-0.25, -0.2) is 14.2 Å². The number of carbonyl (C=O) groups excluding carboxylic acids is 1. The summed E-state index contributed by atoms with van der Waals surface area (Å²) in [6.07, 6.45) is -3.89. The molecule has 1 atom stereocenters. The van der Waals surface area contributed by atoms with Gasteiger partial charge in [-0.3, -0.25) is 4.79 Å². The van der Waals surface area contributed by atoms with Gasteiger partial charge in [0.25, 0.3) is 5.91 Å². The fourth-order valence-electron chi connectivity index (χ4n) is 5.28. The zero-order chi connectivity index (χ0) is 30.5. The number of ether oxygens (including phenoxy) is 2. The number of fused-ring (bicyclic) bond motifs is 2. The third-order valence-electron chi connectivity index (χ3n) is 7.66. The number of amides is 1.